The predicted molar refractivity (Wildman–Crippen MR) is 62.8 cm³/mol. The second-order valence-corrected chi connectivity index (χ2v) is 4.32. The van der Waals surface area contributed by atoms with Crippen LogP contribution in [-0.4, -0.2) is 28.0 Å². The van der Waals surface area contributed by atoms with E-state index in [0.29, 0.717) is 18.6 Å². The van der Waals surface area contributed by atoms with Crippen LogP contribution < -0.4 is 5.73 Å². The number of rotatable bonds is 8. The third kappa shape index (κ3) is 6.40. The fourth-order valence-corrected chi connectivity index (χ4v) is 1.43. The number of carbonyl (C=O) groups is 1. The molecule has 94 valence electrons. The van der Waals surface area contributed by atoms with Gasteiger partial charge in [-0.25, -0.2) is 0 Å². The lowest BCUT2D eigenvalue weighted by Gasteiger charge is -2.16. The Balaban J connectivity index is 3.77. The molecular weight excluding hydrogens is 208 g/mol. The summed E-state index contributed by atoms with van der Waals surface area (Å²) in [5, 5.41) is 20.5. The van der Waals surface area contributed by atoms with Gasteiger partial charge in [-0.2, -0.15) is 0 Å². The topological polar surface area (TPSA) is 95.9 Å². The van der Waals surface area contributed by atoms with Crippen LogP contribution in [0.2, 0.25) is 0 Å². The molecule has 0 spiro atoms. The zero-order valence-electron chi connectivity index (χ0n) is 10.0. The van der Waals surface area contributed by atoms with Crippen LogP contribution in [0, 0.1) is 5.92 Å². The maximum Gasteiger partial charge on any atom is 0.303 e. The number of nitrogens with zero attached hydrogens (tertiary/aromatic N) is 1. The van der Waals surface area contributed by atoms with Crippen molar-refractivity contribution in [1.82, 2.24) is 0 Å². The first-order valence-electron chi connectivity index (χ1n) is 5.67. The highest BCUT2D eigenvalue weighted by Gasteiger charge is 2.15. The number of nitrogens with two attached hydrogens (primary N) is 1. The van der Waals surface area contributed by atoms with Crippen LogP contribution in [0.4, 0.5) is 0 Å². The van der Waals surface area contributed by atoms with E-state index in [4.69, 9.17) is 16.0 Å². The molecule has 0 amide bonds. The van der Waals surface area contributed by atoms with Crippen molar-refractivity contribution in [3.8, 4) is 0 Å². The Kier molecular flexibility index (Phi) is 7.54. The van der Waals surface area contributed by atoms with E-state index >= 15 is 0 Å². The maximum absolute atomic E-state index is 10.3. The highest BCUT2D eigenvalue weighted by molar-refractivity contribution is 5.89. The molecule has 5 nitrogen and oxygen atoms in total. The van der Waals surface area contributed by atoms with Crippen LogP contribution in [0.25, 0.3) is 0 Å². The third-order valence-corrected chi connectivity index (χ3v) is 2.56. The van der Waals surface area contributed by atoms with E-state index in [9.17, 15) is 4.79 Å². The molecule has 0 aromatic carbocycles. The Labute approximate surface area is 96.3 Å². The molecule has 0 rings (SSSR count). The first-order chi connectivity index (χ1) is 7.49. The van der Waals surface area contributed by atoms with Crippen molar-refractivity contribution in [2.75, 3.05) is 0 Å². The van der Waals surface area contributed by atoms with Gasteiger partial charge in [-0.05, 0) is 25.2 Å². The highest BCUT2D eigenvalue weighted by Crippen LogP contribution is 2.09. The van der Waals surface area contributed by atoms with Gasteiger partial charge < -0.3 is 16.0 Å². The lowest BCUT2D eigenvalue weighted by atomic mass is 9.96. The number of carboxylic acids is 1. The summed E-state index contributed by atoms with van der Waals surface area (Å²) in [7, 11) is 0. The van der Waals surface area contributed by atoms with Gasteiger partial charge in [-0.15, -0.1) is 0 Å². The van der Waals surface area contributed by atoms with Gasteiger partial charge in [0, 0.05) is 12.5 Å². The van der Waals surface area contributed by atoms with Crippen molar-refractivity contribution < 1.29 is 15.1 Å². The second kappa shape index (κ2) is 8.10. The average Bonchev–Trinajstić information content (AvgIpc) is 2.22. The van der Waals surface area contributed by atoms with Crippen LogP contribution in [0.3, 0.4) is 0 Å². The average molecular weight is 230 g/mol. The smallest absolute Gasteiger partial charge is 0.303 e. The van der Waals surface area contributed by atoms with E-state index in [0.717, 1.165) is 12.8 Å². The van der Waals surface area contributed by atoms with E-state index in [2.05, 4.69) is 5.16 Å². The Morgan fingerprint density at radius 2 is 1.81 bits per heavy atom. The summed E-state index contributed by atoms with van der Waals surface area (Å²) in [6.07, 6.45) is 3.12. The molecule has 0 aliphatic rings. The van der Waals surface area contributed by atoms with E-state index in [-0.39, 0.29) is 18.4 Å². The number of aliphatic carboxylic acids is 1. The van der Waals surface area contributed by atoms with Crippen molar-refractivity contribution in [1.29, 1.82) is 0 Å². The summed E-state index contributed by atoms with van der Waals surface area (Å²) < 4.78 is 0. The Hall–Kier alpha value is -1.10. The van der Waals surface area contributed by atoms with Crippen molar-refractivity contribution in [2.45, 2.75) is 52.0 Å². The Bertz CT molecular complexity index is 239. The summed E-state index contributed by atoms with van der Waals surface area (Å²) >= 11 is 0. The van der Waals surface area contributed by atoms with Gasteiger partial charge in [-0.1, -0.05) is 25.4 Å². The van der Waals surface area contributed by atoms with Crippen LogP contribution in [0.1, 0.15) is 46.0 Å². The van der Waals surface area contributed by atoms with E-state index in [1.807, 2.05) is 13.8 Å². The molecule has 1 unspecified atom stereocenters. The van der Waals surface area contributed by atoms with Crippen molar-refractivity contribution >= 4 is 11.7 Å². The molecular formula is C11H22N2O3. The fourth-order valence-electron chi connectivity index (χ4n) is 1.43. The van der Waals surface area contributed by atoms with Crippen LogP contribution in [0.5, 0.6) is 0 Å². The summed E-state index contributed by atoms with van der Waals surface area (Å²) in [6, 6.07) is -0.218. The summed E-state index contributed by atoms with van der Waals surface area (Å²) in [5.74, 6) is -0.528. The van der Waals surface area contributed by atoms with Crippen molar-refractivity contribution in [2.24, 2.45) is 16.8 Å². The molecule has 0 bridgehead atoms. The standard InChI is InChI=1S/C11H22N2O3/c1-8(2)11(12)9(13-16)6-4-3-5-7-10(14)15/h8,11,16H,3-7,12H2,1-2H3,(H,14,15)/b13-9+. The number of hydrogen-bond acceptors (Lipinski definition) is 4. The van der Waals surface area contributed by atoms with Gasteiger partial charge in [0.15, 0.2) is 0 Å². The number of unbranched alkanes of at least 4 members (excludes halogenated alkanes) is 2. The quantitative estimate of drug-likeness (QED) is 0.256. The van der Waals surface area contributed by atoms with Gasteiger partial charge in [0.05, 0.1) is 5.71 Å². The number of hydrogen-bond donors (Lipinski definition) is 3. The van der Waals surface area contributed by atoms with Crippen molar-refractivity contribution in [3.05, 3.63) is 0 Å². The Morgan fingerprint density at radius 3 is 2.25 bits per heavy atom. The lowest BCUT2D eigenvalue weighted by molar-refractivity contribution is -0.137. The van der Waals surface area contributed by atoms with E-state index in [1.165, 1.54) is 0 Å². The second-order valence-electron chi connectivity index (χ2n) is 4.32. The highest BCUT2D eigenvalue weighted by atomic mass is 16.4. The van der Waals surface area contributed by atoms with Gasteiger partial charge >= 0.3 is 5.97 Å². The zero-order chi connectivity index (χ0) is 12.6. The molecule has 0 aromatic heterocycles. The maximum atomic E-state index is 10.3. The SMILES string of the molecule is CC(C)C(N)/C(CCCCCC(=O)O)=N/O. The van der Waals surface area contributed by atoms with Crippen LogP contribution >= 0.6 is 0 Å². The molecule has 0 aliphatic heterocycles. The van der Waals surface area contributed by atoms with Crippen LogP contribution in [-0.2, 0) is 4.79 Å². The van der Waals surface area contributed by atoms with Crippen molar-refractivity contribution in [3.63, 3.8) is 0 Å². The fraction of sp³-hybridized carbons (Fsp3) is 0.818. The van der Waals surface area contributed by atoms with E-state index < -0.39 is 5.97 Å². The van der Waals surface area contributed by atoms with Gasteiger partial charge in [0.2, 0.25) is 0 Å². The normalized spacial score (nSPS) is 14.1. The zero-order valence-corrected chi connectivity index (χ0v) is 10.0. The molecule has 0 saturated heterocycles. The molecule has 0 fully saturated rings. The molecule has 5 heteroatoms. The molecule has 1 atom stereocenters. The molecule has 16 heavy (non-hydrogen) atoms. The molecule has 4 N–H and O–H groups in total. The van der Waals surface area contributed by atoms with Crippen LogP contribution in [0.15, 0.2) is 5.16 Å². The summed E-state index contributed by atoms with van der Waals surface area (Å²) in [5.41, 5.74) is 6.45. The summed E-state index contributed by atoms with van der Waals surface area (Å²) in [6.45, 7) is 3.94. The minimum absolute atomic E-state index is 0.196. The monoisotopic (exact) mass is 230 g/mol. The first-order valence-corrected chi connectivity index (χ1v) is 5.67. The first kappa shape index (κ1) is 14.9. The summed E-state index contributed by atoms with van der Waals surface area (Å²) in [4.78, 5) is 10.3. The molecule has 0 heterocycles. The third-order valence-electron chi connectivity index (χ3n) is 2.56. The van der Waals surface area contributed by atoms with Gasteiger partial charge in [0.25, 0.3) is 0 Å². The molecule has 0 aliphatic carbocycles. The largest absolute Gasteiger partial charge is 0.481 e. The number of carboxylic acid groups (broad SMARTS) is 1. The lowest BCUT2D eigenvalue weighted by Crippen LogP contribution is -2.35. The number of oxime groups is 1. The molecule has 0 aromatic rings. The predicted octanol–water partition coefficient (Wildman–Crippen LogP) is 1.83. The van der Waals surface area contributed by atoms with Gasteiger partial charge in [0.1, 0.15) is 0 Å². The minimum atomic E-state index is -0.769. The van der Waals surface area contributed by atoms with E-state index in [1.54, 1.807) is 0 Å². The molecule has 0 saturated carbocycles. The Morgan fingerprint density at radius 1 is 1.25 bits per heavy atom. The van der Waals surface area contributed by atoms with Gasteiger partial charge in [-0.3, -0.25) is 4.79 Å². The molecule has 0 radical (unpaired) electrons. The minimum Gasteiger partial charge on any atom is -0.481 e.